The summed E-state index contributed by atoms with van der Waals surface area (Å²) in [6.07, 6.45) is 1.68. The summed E-state index contributed by atoms with van der Waals surface area (Å²) in [5, 5.41) is 13.9. The minimum Gasteiger partial charge on any atom is -0.322 e. The number of benzene rings is 3. The van der Waals surface area contributed by atoms with Crippen LogP contribution in [0.25, 0.3) is 10.9 Å². The van der Waals surface area contributed by atoms with E-state index in [0.717, 1.165) is 47.2 Å². The van der Waals surface area contributed by atoms with Crippen LogP contribution in [0.1, 0.15) is 53.0 Å². The molecule has 0 spiro atoms. The van der Waals surface area contributed by atoms with Crippen molar-refractivity contribution < 1.29 is 0 Å². The molecule has 0 aliphatic heterocycles. The Kier molecular flexibility index (Phi) is 7.75. The second-order valence-electron chi connectivity index (χ2n) is 9.97. The lowest BCUT2D eigenvalue weighted by atomic mass is 10.0. The first-order valence-corrected chi connectivity index (χ1v) is 13.2. The Morgan fingerprint density at radius 1 is 0.947 bits per heavy atom. The number of hydrogen-bond acceptors (Lipinski definition) is 5. The Balaban J connectivity index is 1.49. The molecule has 3 aromatic carbocycles. The fraction of sp³-hybridized carbons (Fsp3) is 0.290. The predicted molar refractivity (Wildman–Crippen MR) is 151 cm³/mol. The van der Waals surface area contributed by atoms with Gasteiger partial charge in [-0.05, 0) is 77.4 Å². The van der Waals surface area contributed by atoms with Crippen LogP contribution in [0.2, 0.25) is 0 Å². The smallest absolute Gasteiger partial charge is 0.252 e. The van der Waals surface area contributed by atoms with Crippen molar-refractivity contribution in [1.29, 1.82) is 0 Å². The SMILES string of the molecule is CC[C@@H](c1nnnn1Cc1ccccc1)N(CCc1ccccc1C)Cc1cc2cc(C)ccc2[nH]c1=O. The van der Waals surface area contributed by atoms with E-state index in [-0.39, 0.29) is 11.6 Å². The molecule has 0 aliphatic carbocycles. The van der Waals surface area contributed by atoms with Crippen molar-refractivity contribution in [1.82, 2.24) is 30.1 Å². The van der Waals surface area contributed by atoms with Crippen LogP contribution in [-0.2, 0) is 19.5 Å². The first kappa shape index (κ1) is 25.5. The van der Waals surface area contributed by atoms with Gasteiger partial charge in [-0.1, -0.05) is 73.2 Å². The predicted octanol–water partition coefficient (Wildman–Crippen LogP) is 5.38. The van der Waals surface area contributed by atoms with Gasteiger partial charge in [-0.3, -0.25) is 9.69 Å². The summed E-state index contributed by atoms with van der Waals surface area (Å²) in [6, 6.07) is 26.8. The Hall–Kier alpha value is -4.10. The van der Waals surface area contributed by atoms with Gasteiger partial charge in [-0.25, -0.2) is 4.68 Å². The second-order valence-corrected chi connectivity index (χ2v) is 9.97. The van der Waals surface area contributed by atoms with Crippen molar-refractivity contribution in [3.8, 4) is 0 Å². The largest absolute Gasteiger partial charge is 0.322 e. The third-order valence-electron chi connectivity index (χ3n) is 7.24. The number of tetrazole rings is 1. The maximum Gasteiger partial charge on any atom is 0.252 e. The van der Waals surface area contributed by atoms with E-state index in [1.165, 1.54) is 16.7 Å². The summed E-state index contributed by atoms with van der Waals surface area (Å²) in [4.78, 5) is 18.6. The normalized spacial score (nSPS) is 12.3. The summed E-state index contributed by atoms with van der Waals surface area (Å²) < 4.78 is 1.89. The first-order chi connectivity index (χ1) is 18.5. The molecule has 5 aromatic rings. The number of fused-ring (bicyclic) bond motifs is 1. The van der Waals surface area contributed by atoms with Gasteiger partial charge in [-0.2, -0.15) is 0 Å². The number of nitrogens with zero attached hydrogens (tertiary/aromatic N) is 5. The fourth-order valence-corrected chi connectivity index (χ4v) is 5.13. The lowest BCUT2D eigenvalue weighted by Crippen LogP contribution is -2.34. The van der Waals surface area contributed by atoms with E-state index in [9.17, 15) is 4.79 Å². The number of pyridine rings is 1. The number of nitrogens with one attached hydrogen (secondary N) is 1. The van der Waals surface area contributed by atoms with Crippen LogP contribution in [0.15, 0.2) is 83.7 Å². The Labute approximate surface area is 223 Å². The van der Waals surface area contributed by atoms with Crippen LogP contribution in [0.4, 0.5) is 0 Å². The highest BCUT2D eigenvalue weighted by Crippen LogP contribution is 2.26. The maximum atomic E-state index is 13.2. The molecule has 2 heterocycles. The van der Waals surface area contributed by atoms with Crippen LogP contribution in [-0.4, -0.2) is 36.6 Å². The Morgan fingerprint density at radius 2 is 1.74 bits per heavy atom. The molecule has 0 fully saturated rings. The standard InChI is InChI=1S/C31H34N6O/c1-4-29(30-33-34-35-37(30)20-24-11-6-5-7-12-24)36(17-16-25-13-9-8-10-23(25)3)21-27-19-26-18-22(2)14-15-28(26)32-31(27)38/h5-15,18-19,29H,4,16-17,20-21H2,1-3H3,(H,32,38)/t29-/m0/s1. The van der Waals surface area contributed by atoms with Gasteiger partial charge in [-0.15, -0.1) is 5.10 Å². The molecule has 38 heavy (non-hydrogen) atoms. The zero-order chi connectivity index (χ0) is 26.5. The van der Waals surface area contributed by atoms with Crippen molar-refractivity contribution in [2.75, 3.05) is 6.54 Å². The molecule has 0 bridgehead atoms. The summed E-state index contributed by atoms with van der Waals surface area (Å²) >= 11 is 0. The molecular formula is C31H34N6O. The van der Waals surface area contributed by atoms with E-state index in [1.807, 2.05) is 41.1 Å². The number of rotatable bonds is 10. The minimum atomic E-state index is -0.0547. The average Bonchev–Trinajstić information content (AvgIpc) is 3.37. The highest BCUT2D eigenvalue weighted by molar-refractivity contribution is 5.79. The van der Waals surface area contributed by atoms with Crippen LogP contribution >= 0.6 is 0 Å². The molecule has 0 saturated carbocycles. The number of aromatic amines is 1. The Bertz CT molecular complexity index is 1570. The average molecular weight is 507 g/mol. The second kappa shape index (κ2) is 11.5. The summed E-state index contributed by atoms with van der Waals surface area (Å²) in [7, 11) is 0. The van der Waals surface area contributed by atoms with Gasteiger partial charge >= 0.3 is 0 Å². The topological polar surface area (TPSA) is 79.7 Å². The molecule has 1 N–H and O–H groups in total. The van der Waals surface area contributed by atoms with E-state index in [0.29, 0.717) is 13.1 Å². The molecular weight excluding hydrogens is 472 g/mol. The zero-order valence-corrected chi connectivity index (χ0v) is 22.3. The van der Waals surface area contributed by atoms with E-state index < -0.39 is 0 Å². The van der Waals surface area contributed by atoms with Crippen molar-refractivity contribution in [3.05, 3.63) is 123 Å². The van der Waals surface area contributed by atoms with Gasteiger partial charge in [0, 0.05) is 24.2 Å². The molecule has 0 amide bonds. The summed E-state index contributed by atoms with van der Waals surface area (Å²) in [6.45, 7) is 8.24. The minimum absolute atomic E-state index is 0.0506. The third-order valence-corrected chi connectivity index (χ3v) is 7.24. The maximum absolute atomic E-state index is 13.2. The monoisotopic (exact) mass is 506 g/mol. The molecule has 0 saturated heterocycles. The zero-order valence-electron chi connectivity index (χ0n) is 22.3. The molecule has 5 rings (SSSR count). The number of hydrogen-bond donors (Lipinski definition) is 1. The molecule has 7 heteroatoms. The molecule has 7 nitrogen and oxygen atoms in total. The van der Waals surface area contributed by atoms with Gasteiger partial charge < -0.3 is 4.98 Å². The lowest BCUT2D eigenvalue weighted by Gasteiger charge is -2.30. The van der Waals surface area contributed by atoms with E-state index in [2.05, 4.69) is 88.6 Å². The van der Waals surface area contributed by atoms with E-state index >= 15 is 0 Å². The molecule has 0 aliphatic rings. The molecule has 194 valence electrons. The third kappa shape index (κ3) is 5.73. The number of aromatic nitrogens is 5. The van der Waals surface area contributed by atoms with Crippen LogP contribution in [0.3, 0.4) is 0 Å². The van der Waals surface area contributed by atoms with Gasteiger partial charge in [0.05, 0.1) is 12.6 Å². The van der Waals surface area contributed by atoms with Crippen LogP contribution in [0.5, 0.6) is 0 Å². The molecule has 0 radical (unpaired) electrons. The quantitative estimate of drug-likeness (QED) is 0.275. The summed E-state index contributed by atoms with van der Waals surface area (Å²) in [5.74, 6) is 0.814. The van der Waals surface area contributed by atoms with Crippen molar-refractivity contribution in [3.63, 3.8) is 0 Å². The molecule has 1 atom stereocenters. The number of H-pyrrole nitrogens is 1. The van der Waals surface area contributed by atoms with E-state index in [1.54, 1.807) is 0 Å². The van der Waals surface area contributed by atoms with Gasteiger partial charge in [0.15, 0.2) is 5.82 Å². The Morgan fingerprint density at radius 3 is 2.53 bits per heavy atom. The number of aryl methyl sites for hydroxylation is 2. The van der Waals surface area contributed by atoms with Crippen molar-refractivity contribution in [2.24, 2.45) is 0 Å². The van der Waals surface area contributed by atoms with E-state index in [4.69, 9.17) is 0 Å². The summed E-state index contributed by atoms with van der Waals surface area (Å²) in [5.41, 5.74) is 6.43. The van der Waals surface area contributed by atoms with Crippen molar-refractivity contribution in [2.45, 2.75) is 52.7 Å². The highest BCUT2D eigenvalue weighted by Gasteiger charge is 2.26. The van der Waals surface area contributed by atoms with Crippen molar-refractivity contribution >= 4 is 10.9 Å². The van der Waals surface area contributed by atoms with Crippen LogP contribution in [0, 0.1) is 13.8 Å². The fourth-order valence-electron chi connectivity index (χ4n) is 5.13. The molecule has 2 aromatic heterocycles. The lowest BCUT2D eigenvalue weighted by molar-refractivity contribution is 0.172. The van der Waals surface area contributed by atoms with Gasteiger partial charge in [0.25, 0.3) is 5.56 Å². The first-order valence-electron chi connectivity index (χ1n) is 13.2. The highest BCUT2D eigenvalue weighted by atomic mass is 16.1. The van der Waals surface area contributed by atoms with Gasteiger partial charge in [0.1, 0.15) is 0 Å². The van der Waals surface area contributed by atoms with Crippen LogP contribution < -0.4 is 5.56 Å². The molecule has 0 unspecified atom stereocenters. The van der Waals surface area contributed by atoms with Gasteiger partial charge in [0.2, 0.25) is 0 Å².